The number of rotatable bonds is 2. The van der Waals surface area contributed by atoms with Crippen LogP contribution in [0.4, 0.5) is 9.18 Å². The number of hydrogen-bond donors (Lipinski definition) is 3. The van der Waals surface area contributed by atoms with Gasteiger partial charge in [-0.3, -0.25) is 15.5 Å². The maximum atomic E-state index is 12.7. The molecule has 0 heterocycles. The van der Waals surface area contributed by atoms with Crippen LogP contribution < -0.4 is 16.2 Å². The van der Waals surface area contributed by atoms with Gasteiger partial charge in [0.1, 0.15) is 5.82 Å². The highest BCUT2D eigenvalue weighted by Gasteiger charge is 2.02. The Morgan fingerprint density at radius 3 is 2.50 bits per heavy atom. The summed E-state index contributed by atoms with van der Waals surface area (Å²) in [5.41, 5.74) is 5.01. The highest BCUT2D eigenvalue weighted by atomic mass is 32.1. The van der Waals surface area contributed by atoms with Gasteiger partial charge >= 0.3 is 6.09 Å². The van der Waals surface area contributed by atoms with Crippen LogP contribution in [0, 0.1) is 5.82 Å². The third kappa shape index (κ3) is 5.91. The summed E-state index contributed by atoms with van der Waals surface area (Å²) in [7, 11) is 1.18. The summed E-state index contributed by atoms with van der Waals surface area (Å²) in [5.74, 6) is -0.857. The molecule has 2 amide bonds. The summed E-state index contributed by atoms with van der Waals surface area (Å²) >= 11 is 4.75. The predicted molar refractivity (Wildman–Crippen MR) is 74.9 cm³/mol. The molecule has 6 nitrogen and oxygen atoms in total. The number of carbonyl (C=O) groups is 2. The zero-order valence-electron chi connectivity index (χ0n) is 10.5. The Balaban J connectivity index is 2.41. The monoisotopic (exact) mass is 297 g/mol. The standard InChI is InChI=1S/C12H12FN3O3S/c1-19-12(18)16-15-11(20)14-10(17)7-4-8-2-5-9(13)6-3-8/h2-7H,1H3,(H,16,18)(H2,14,15,17,20). The smallest absolute Gasteiger partial charge is 0.425 e. The van der Waals surface area contributed by atoms with Crippen molar-refractivity contribution in [2.24, 2.45) is 0 Å². The fourth-order valence-corrected chi connectivity index (χ4v) is 1.24. The van der Waals surface area contributed by atoms with Crippen LogP contribution in [-0.2, 0) is 9.53 Å². The van der Waals surface area contributed by atoms with E-state index < -0.39 is 12.0 Å². The largest absolute Gasteiger partial charge is 0.452 e. The average Bonchev–Trinajstić information content (AvgIpc) is 2.44. The maximum Gasteiger partial charge on any atom is 0.425 e. The van der Waals surface area contributed by atoms with Gasteiger partial charge in [-0.15, -0.1) is 0 Å². The third-order valence-corrected chi connectivity index (χ3v) is 2.20. The van der Waals surface area contributed by atoms with Crippen molar-refractivity contribution in [2.75, 3.05) is 7.11 Å². The summed E-state index contributed by atoms with van der Waals surface area (Å²) < 4.78 is 17.0. The fourth-order valence-electron chi connectivity index (χ4n) is 1.09. The van der Waals surface area contributed by atoms with Crippen molar-refractivity contribution in [1.29, 1.82) is 0 Å². The van der Waals surface area contributed by atoms with E-state index in [1.54, 1.807) is 0 Å². The van der Waals surface area contributed by atoms with Gasteiger partial charge in [0.15, 0.2) is 5.11 Å². The zero-order chi connectivity index (χ0) is 15.0. The summed E-state index contributed by atoms with van der Waals surface area (Å²) in [6.45, 7) is 0. The number of thiocarbonyl (C=S) groups is 1. The van der Waals surface area contributed by atoms with E-state index in [0.29, 0.717) is 5.56 Å². The lowest BCUT2D eigenvalue weighted by Crippen LogP contribution is -2.48. The molecule has 0 bridgehead atoms. The van der Waals surface area contributed by atoms with Crippen LogP contribution in [0.1, 0.15) is 5.56 Å². The second kappa shape index (κ2) is 7.85. The molecule has 0 aliphatic heterocycles. The SMILES string of the molecule is COC(=O)NNC(=S)NC(=O)C=Cc1ccc(F)cc1. The van der Waals surface area contributed by atoms with Crippen LogP contribution >= 0.6 is 12.2 Å². The van der Waals surface area contributed by atoms with Crippen molar-refractivity contribution in [1.82, 2.24) is 16.2 Å². The minimum absolute atomic E-state index is 0.0934. The number of nitrogens with one attached hydrogen (secondary N) is 3. The normalized spacial score (nSPS) is 9.90. The molecule has 0 fully saturated rings. The summed E-state index contributed by atoms with van der Waals surface area (Å²) in [6, 6.07) is 5.61. The number of methoxy groups -OCH3 is 1. The van der Waals surface area contributed by atoms with Crippen LogP contribution in [-0.4, -0.2) is 24.2 Å². The minimum atomic E-state index is -0.747. The zero-order valence-corrected chi connectivity index (χ0v) is 11.3. The Morgan fingerprint density at radius 2 is 1.90 bits per heavy atom. The lowest BCUT2D eigenvalue weighted by molar-refractivity contribution is -0.115. The summed E-state index contributed by atoms with van der Waals surface area (Å²) in [4.78, 5) is 22.2. The molecular weight excluding hydrogens is 285 g/mol. The summed E-state index contributed by atoms with van der Waals surface area (Å²) in [5, 5.41) is 2.20. The quantitative estimate of drug-likeness (QED) is 0.433. The number of halogens is 1. The number of hydrogen-bond acceptors (Lipinski definition) is 4. The molecule has 1 aromatic carbocycles. The molecule has 0 atom stereocenters. The Hall–Kier alpha value is -2.48. The van der Waals surface area contributed by atoms with E-state index in [2.05, 4.69) is 20.9 Å². The molecule has 1 rings (SSSR count). The third-order valence-electron chi connectivity index (χ3n) is 2.00. The van der Waals surface area contributed by atoms with E-state index in [9.17, 15) is 14.0 Å². The highest BCUT2D eigenvalue weighted by Crippen LogP contribution is 2.04. The molecule has 0 radical (unpaired) electrons. The molecule has 0 spiro atoms. The molecule has 0 aromatic heterocycles. The van der Waals surface area contributed by atoms with E-state index in [1.165, 1.54) is 43.5 Å². The van der Waals surface area contributed by atoms with Gasteiger partial charge in [0.25, 0.3) is 0 Å². The van der Waals surface area contributed by atoms with Gasteiger partial charge in [0, 0.05) is 6.08 Å². The second-order valence-electron chi connectivity index (χ2n) is 3.44. The van der Waals surface area contributed by atoms with Crippen LogP contribution in [0.2, 0.25) is 0 Å². The lowest BCUT2D eigenvalue weighted by atomic mass is 10.2. The number of carbonyl (C=O) groups excluding carboxylic acids is 2. The highest BCUT2D eigenvalue weighted by molar-refractivity contribution is 7.80. The van der Waals surface area contributed by atoms with Crippen LogP contribution in [0.15, 0.2) is 30.3 Å². The van der Waals surface area contributed by atoms with E-state index >= 15 is 0 Å². The molecule has 106 valence electrons. The predicted octanol–water partition coefficient (Wildman–Crippen LogP) is 1.10. The van der Waals surface area contributed by atoms with Crippen molar-refractivity contribution in [3.05, 3.63) is 41.7 Å². The van der Waals surface area contributed by atoms with Crippen LogP contribution in [0.3, 0.4) is 0 Å². The molecule has 0 unspecified atom stereocenters. The Morgan fingerprint density at radius 1 is 1.25 bits per heavy atom. The molecule has 20 heavy (non-hydrogen) atoms. The van der Waals surface area contributed by atoms with Gasteiger partial charge < -0.3 is 4.74 Å². The van der Waals surface area contributed by atoms with Gasteiger partial charge in [-0.2, -0.15) is 0 Å². The first kappa shape index (κ1) is 15.6. The van der Waals surface area contributed by atoms with Crippen molar-refractivity contribution >= 4 is 35.4 Å². The molecule has 1 aromatic rings. The first-order chi connectivity index (χ1) is 9.51. The average molecular weight is 297 g/mol. The Kier molecular flexibility index (Phi) is 6.11. The Labute approximate surface area is 120 Å². The molecule has 0 aliphatic carbocycles. The maximum absolute atomic E-state index is 12.7. The van der Waals surface area contributed by atoms with E-state index in [-0.39, 0.29) is 10.9 Å². The molecule has 0 saturated heterocycles. The minimum Gasteiger partial charge on any atom is -0.452 e. The van der Waals surface area contributed by atoms with Gasteiger partial charge in [0.05, 0.1) is 7.11 Å². The van der Waals surface area contributed by atoms with E-state index in [0.717, 1.165) is 0 Å². The number of hydrazine groups is 1. The van der Waals surface area contributed by atoms with E-state index in [1.807, 2.05) is 0 Å². The lowest BCUT2D eigenvalue weighted by Gasteiger charge is -2.08. The topological polar surface area (TPSA) is 79.5 Å². The molecule has 0 aliphatic rings. The van der Waals surface area contributed by atoms with Crippen LogP contribution in [0.5, 0.6) is 0 Å². The van der Waals surface area contributed by atoms with Gasteiger partial charge in [0.2, 0.25) is 5.91 Å². The van der Waals surface area contributed by atoms with E-state index in [4.69, 9.17) is 12.2 Å². The van der Waals surface area contributed by atoms with Gasteiger partial charge in [-0.25, -0.2) is 14.6 Å². The van der Waals surface area contributed by atoms with Gasteiger partial charge in [-0.1, -0.05) is 12.1 Å². The number of benzene rings is 1. The number of ether oxygens (including phenoxy) is 1. The van der Waals surface area contributed by atoms with Gasteiger partial charge in [-0.05, 0) is 36.0 Å². The Bertz CT molecular complexity index is 531. The molecule has 8 heteroatoms. The fraction of sp³-hybridized carbons (Fsp3) is 0.0833. The summed E-state index contributed by atoms with van der Waals surface area (Å²) in [6.07, 6.45) is 1.97. The molecule has 3 N–H and O–H groups in total. The van der Waals surface area contributed by atoms with Crippen molar-refractivity contribution in [2.45, 2.75) is 0 Å². The first-order valence-electron chi connectivity index (χ1n) is 5.40. The van der Waals surface area contributed by atoms with Crippen LogP contribution in [0.25, 0.3) is 6.08 Å². The van der Waals surface area contributed by atoms with Crippen molar-refractivity contribution < 1.29 is 18.7 Å². The van der Waals surface area contributed by atoms with Crippen molar-refractivity contribution in [3.63, 3.8) is 0 Å². The first-order valence-corrected chi connectivity index (χ1v) is 5.80. The number of amides is 2. The van der Waals surface area contributed by atoms with Crippen molar-refractivity contribution in [3.8, 4) is 0 Å². The molecular formula is C12H12FN3O3S. The second-order valence-corrected chi connectivity index (χ2v) is 3.85. The molecule has 0 saturated carbocycles.